The van der Waals surface area contributed by atoms with Gasteiger partial charge in [0.25, 0.3) is 0 Å². The number of hydrogen-bond donors (Lipinski definition) is 1. The summed E-state index contributed by atoms with van der Waals surface area (Å²) in [7, 11) is 0. The van der Waals surface area contributed by atoms with E-state index in [9.17, 15) is 0 Å². The maximum absolute atomic E-state index is 4.56. The summed E-state index contributed by atoms with van der Waals surface area (Å²) < 4.78 is 0. The van der Waals surface area contributed by atoms with E-state index in [1.165, 1.54) is 12.8 Å². The van der Waals surface area contributed by atoms with Crippen LogP contribution in [0.25, 0.3) is 0 Å². The van der Waals surface area contributed by atoms with Gasteiger partial charge >= 0.3 is 0 Å². The second kappa shape index (κ2) is 4.40. The molecule has 1 aromatic rings. The Morgan fingerprint density at radius 2 is 2.00 bits per heavy atom. The highest BCUT2D eigenvalue weighted by Gasteiger charge is 2.25. The summed E-state index contributed by atoms with van der Waals surface area (Å²) in [5.41, 5.74) is 2.18. The molecule has 1 saturated carbocycles. The van der Waals surface area contributed by atoms with Gasteiger partial charge in [-0.2, -0.15) is 0 Å². The number of aryl methyl sites for hydroxylation is 1. The highest BCUT2D eigenvalue weighted by atomic mass is 15.1. The SMILES string of the molecule is Cc1cc(C(C)C)nc(NC2CC(C)C2)n1. The van der Waals surface area contributed by atoms with Gasteiger partial charge in [-0.15, -0.1) is 0 Å². The van der Waals surface area contributed by atoms with Gasteiger partial charge in [0.2, 0.25) is 5.95 Å². The first-order chi connectivity index (χ1) is 7.54. The lowest BCUT2D eigenvalue weighted by Gasteiger charge is -2.33. The molecule has 2 rings (SSSR count). The smallest absolute Gasteiger partial charge is 0.223 e. The molecular weight excluding hydrogens is 198 g/mol. The van der Waals surface area contributed by atoms with Crippen LogP contribution in [0.1, 0.15) is 50.9 Å². The molecule has 1 aliphatic carbocycles. The number of nitrogens with zero attached hydrogens (tertiary/aromatic N) is 2. The first-order valence-corrected chi connectivity index (χ1v) is 6.16. The highest BCUT2D eigenvalue weighted by Crippen LogP contribution is 2.28. The second-order valence-electron chi connectivity index (χ2n) is 5.33. The zero-order chi connectivity index (χ0) is 11.7. The van der Waals surface area contributed by atoms with Crippen LogP contribution in [0.3, 0.4) is 0 Å². The molecule has 1 N–H and O–H groups in total. The van der Waals surface area contributed by atoms with Gasteiger partial charge in [-0.25, -0.2) is 9.97 Å². The van der Waals surface area contributed by atoms with E-state index >= 15 is 0 Å². The summed E-state index contributed by atoms with van der Waals surface area (Å²) >= 11 is 0. The highest BCUT2D eigenvalue weighted by molar-refractivity contribution is 5.31. The molecule has 0 aliphatic heterocycles. The van der Waals surface area contributed by atoms with Crippen LogP contribution in [-0.2, 0) is 0 Å². The van der Waals surface area contributed by atoms with Gasteiger partial charge < -0.3 is 5.32 Å². The van der Waals surface area contributed by atoms with Gasteiger partial charge in [0.05, 0.1) is 0 Å². The minimum absolute atomic E-state index is 0.461. The minimum atomic E-state index is 0.461. The molecule has 0 unspecified atom stereocenters. The molecule has 0 saturated heterocycles. The van der Waals surface area contributed by atoms with Crippen LogP contribution in [0.2, 0.25) is 0 Å². The van der Waals surface area contributed by atoms with Crippen molar-refractivity contribution >= 4 is 5.95 Å². The lowest BCUT2D eigenvalue weighted by Crippen LogP contribution is -2.34. The van der Waals surface area contributed by atoms with Crippen LogP contribution in [0.4, 0.5) is 5.95 Å². The second-order valence-corrected chi connectivity index (χ2v) is 5.33. The molecule has 3 heteroatoms. The third-order valence-corrected chi connectivity index (χ3v) is 3.17. The van der Waals surface area contributed by atoms with E-state index < -0.39 is 0 Å². The molecule has 1 aliphatic rings. The van der Waals surface area contributed by atoms with Crippen molar-refractivity contribution in [1.82, 2.24) is 9.97 Å². The molecule has 0 aromatic carbocycles. The lowest BCUT2D eigenvalue weighted by molar-refractivity contribution is 0.308. The maximum atomic E-state index is 4.56. The molecule has 1 aromatic heterocycles. The number of rotatable bonds is 3. The fourth-order valence-corrected chi connectivity index (χ4v) is 2.16. The Labute approximate surface area is 97.7 Å². The molecule has 1 heterocycles. The molecule has 0 radical (unpaired) electrons. The number of nitrogens with one attached hydrogen (secondary N) is 1. The average Bonchev–Trinajstić information content (AvgIpc) is 2.14. The van der Waals surface area contributed by atoms with Gasteiger partial charge in [0, 0.05) is 17.4 Å². The van der Waals surface area contributed by atoms with Crippen LogP contribution in [0, 0.1) is 12.8 Å². The van der Waals surface area contributed by atoms with E-state index in [0.717, 1.165) is 23.3 Å². The topological polar surface area (TPSA) is 37.8 Å². The van der Waals surface area contributed by atoms with Crippen molar-refractivity contribution in [2.45, 2.75) is 52.5 Å². The standard InChI is InChI=1S/C13H21N3/c1-8(2)12-7-10(4)14-13(16-12)15-11-5-9(3)6-11/h7-9,11H,5-6H2,1-4H3,(H,14,15,16). The van der Waals surface area contributed by atoms with Gasteiger partial charge in [-0.1, -0.05) is 20.8 Å². The Morgan fingerprint density at radius 3 is 2.56 bits per heavy atom. The van der Waals surface area contributed by atoms with Crippen molar-refractivity contribution in [3.63, 3.8) is 0 Å². The predicted octanol–water partition coefficient (Wildman–Crippen LogP) is 3.12. The van der Waals surface area contributed by atoms with Crippen LogP contribution in [0.5, 0.6) is 0 Å². The zero-order valence-corrected chi connectivity index (χ0v) is 10.6. The van der Waals surface area contributed by atoms with Crippen molar-refractivity contribution in [1.29, 1.82) is 0 Å². The molecule has 1 fully saturated rings. The summed E-state index contributed by atoms with van der Waals surface area (Å²) in [6, 6.07) is 2.65. The van der Waals surface area contributed by atoms with E-state index in [-0.39, 0.29) is 0 Å². The third kappa shape index (κ3) is 2.52. The van der Waals surface area contributed by atoms with E-state index in [1.54, 1.807) is 0 Å². The summed E-state index contributed by atoms with van der Waals surface area (Å²) in [5.74, 6) is 2.12. The van der Waals surface area contributed by atoms with Crippen LogP contribution >= 0.6 is 0 Å². The van der Waals surface area contributed by atoms with Crippen LogP contribution in [0.15, 0.2) is 6.07 Å². The summed E-state index contributed by atoms with van der Waals surface area (Å²) in [5, 5.41) is 3.42. The van der Waals surface area contributed by atoms with E-state index in [2.05, 4.69) is 42.1 Å². The van der Waals surface area contributed by atoms with Gasteiger partial charge in [-0.05, 0) is 37.7 Å². The van der Waals surface area contributed by atoms with Gasteiger partial charge in [0.1, 0.15) is 0 Å². The quantitative estimate of drug-likeness (QED) is 0.848. The van der Waals surface area contributed by atoms with Crippen LogP contribution in [-0.4, -0.2) is 16.0 Å². The maximum Gasteiger partial charge on any atom is 0.223 e. The predicted molar refractivity (Wildman–Crippen MR) is 66.7 cm³/mol. The number of anilines is 1. The Balaban J connectivity index is 2.08. The summed E-state index contributed by atoms with van der Waals surface area (Å²) in [4.78, 5) is 9.00. The first kappa shape index (κ1) is 11.4. The van der Waals surface area contributed by atoms with E-state index in [0.29, 0.717) is 12.0 Å². The van der Waals surface area contributed by atoms with Crippen LogP contribution < -0.4 is 5.32 Å². The summed E-state index contributed by atoms with van der Waals surface area (Å²) in [6.07, 6.45) is 2.49. The molecule has 0 amide bonds. The van der Waals surface area contributed by atoms with Gasteiger partial charge in [0.15, 0.2) is 0 Å². The monoisotopic (exact) mass is 219 g/mol. The van der Waals surface area contributed by atoms with Crippen molar-refractivity contribution < 1.29 is 0 Å². The average molecular weight is 219 g/mol. The molecule has 0 atom stereocenters. The van der Waals surface area contributed by atoms with E-state index in [4.69, 9.17) is 0 Å². The van der Waals surface area contributed by atoms with E-state index in [1.807, 2.05) is 6.92 Å². The van der Waals surface area contributed by atoms with Gasteiger partial charge in [-0.3, -0.25) is 0 Å². The normalized spacial score (nSPS) is 24.3. The lowest BCUT2D eigenvalue weighted by atomic mass is 9.82. The van der Waals surface area contributed by atoms with Crippen molar-refractivity contribution in [3.05, 3.63) is 17.5 Å². The minimum Gasteiger partial charge on any atom is -0.351 e. The zero-order valence-electron chi connectivity index (χ0n) is 10.6. The fourth-order valence-electron chi connectivity index (χ4n) is 2.16. The van der Waals surface area contributed by atoms with Crippen molar-refractivity contribution in [2.24, 2.45) is 5.92 Å². The first-order valence-electron chi connectivity index (χ1n) is 6.16. The molecule has 16 heavy (non-hydrogen) atoms. The fraction of sp³-hybridized carbons (Fsp3) is 0.692. The summed E-state index contributed by atoms with van der Waals surface area (Å²) in [6.45, 7) is 8.64. The number of aromatic nitrogens is 2. The largest absolute Gasteiger partial charge is 0.351 e. The Hall–Kier alpha value is -1.12. The Morgan fingerprint density at radius 1 is 1.31 bits per heavy atom. The molecule has 88 valence electrons. The Kier molecular flexibility index (Phi) is 3.13. The van der Waals surface area contributed by atoms with Crippen molar-refractivity contribution in [2.75, 3.05) is 5.32 Å². The molecule has 3 nitrogen and oxygen atoms in total. The molecular formula is C13H21N3. The molecule has 0 bridgehead atoms. The Bertz CT molecular complexity index is 367. The number of hydrogen-bond acceptors (Lipinski definition) is 3. The van der Waals surface area contributed by atoms with Crippen molar-refractivity contribution in [3.8, 4) is 0 Å². The molecule has 0 spiro atoms. The third-order valence-electron chi connectivity index (χ3n) is 3.17.